The first-order valence-electron chi connectivity index (χ1n) is 13.7. The molecule has 0 saturated heterocycles. The summed E-state index contributed by atoms with van der Waals surface area (Å²) in [4.78, 5) is 15.6. The summed E-state index contributed by atoms with van der Waals surface area (Å²) >= 11 is 0. The lowest BCUT2D eigenvalue weighted by molar-refractivity contribution is 0.220. The number of nitrogens with one attached hydrogen (secondary N) is 2. The molecule has 2 aliphatic heterocycles. The van der Waals surface area contributed by atoms with Gasteiger partial charge in [0.1, 0.15) is 11.8 Å². The van der Waals surface area contributed by atoms with Crippen LogP contribution in [0.1, 0.15) is 50.1 Å². The van der Waals surface area contributed by atoms with Crippen molar-refractivity contribution in [1.82, 2.24) is 19.9 Å². The molecule has 0 amide bonds. The highest BCUT2D eigenvalue weighted by atomic mass is 28.4. The van der Waals surface area contributed by atoms with Crippen LogP contribution in [0.3, 0.4) is 0 Å². The zero-order valence-corrected chi connectivity index (χ0v) is 25.4. The Labute approximate surface area is 237 Å². The second-order valence-electron chi connectivity index (χ2n) is 12.9. The summed E-state index contributed by atoms with van der Waals surface area (Å²) in [6, 6.07) is 7.97. The molecule has 1 aromatic carbocycles. The molecule has 4 heterocycles. The maximum atomic E-state index is 15.2. The molecule has 0 fully saturated rings. The summed E-state index contributed by atoms with van der Waals surface area (Å²) in [6.45, 7) is 16.2. The van der Waals surface area contributed by atoms with E-state index in [1.54, 1.807) is 12.3 Å². The number of rotatable bonds is 6. The summed E-state index contributed by atoms with van der Waals surface area (Å²) in [5.74, 6) is -0.284. The number of nitrogens with zero attached hydrogens (tertiary/aromatic N) is 5. The Morgan fingerprint density at radius 2 is 2.00 bits per heavy atom. The average molecular weight is 560 g/mol. The lowest BCUT2D eigenvalue weighted by Crippen LogP contribution is -2.45. The van der Waals surface area contributed by atoms with Crippen LogP contribution in [0, 0.1) is 17.1 Å². The minimum absolute atomic E-state index is 0.0782. The molecule has 5 rings (SSSR count). The Morgan fingerprint density at radius 3 is 2.73 bits per heavy atom. The molecular weight excluding hydrogens is 521 g/mol. The fourth-order valence-electron chi connectivity index (χ4n) is 4.99. The number of hydrogen-bond donors (Lipinski definition) is 2. The summed E-state index contributed by atoms with van der Waals surface area (Å²) in [6.07, 6.45) is 3.85. The van der Waals surface area contributed by atoms with Gasteiger partial charge in [0.25, 0.3) is 0 Å². The fourth-order valence-corrected chi connectivity index (χ4v) is 6.10. The maximum Gasteiger partial charge on any atom is 0.227 e. The van der Waals surface area contributed by atoms with Crippen LogP contribution in [0.2, 0.25) is 18.1 Å². The molecule has 0 spiro atoms. The van der Waals surface area contributed by atoms with E-state index in [4.69, 9.17) is 4.43 Å². The van der Waals surface area contributed by atoms with E-state index in [2.05, 4.69) is 84.4 Å². The molecular formula is C30H38FN7OSi. The molecule has 2 N–H and O–H groups in total. The number of hydrogen-bond acceptors (Lipinski definition) is 8. The van der Waals surface area contributed by atoms with Gasteiger partial charge in [-0.2, -0.15) is 5.26 Å². The third kappa shape index (κ3) is 5.33. The van der Waals surface area contributed by atoms with Gasteiger partial charge < -0.3 is 20.0 Å². The molecule has 0 bridgehead atoms. The van der Waals surface area contributed by atoms with E-state index in [1.807, 2.05) is 12.1 Å². The average Bonchev–Trinajstić information content (AvgIpc) is 3.24. The number of aromatic nitrogens is 3. The minimum Gasteiger partial charge on any atom is -0.416 e. The monoisotopic (exact) mass is 559 g/mol. The van der Waals surface area contributed by atoms with Crippen molar-refractivity contribution in [3.05, 3.63) is 58.8 Å². The van der Waals surface area contributed by atoms with Gasteiger partial charge in [-0.15, -0.1) is 0 Å². The first-order valence-corrected chi connectivity index (χ1v) is 16.6. The van der Waals surface area contributed by atoms with E-state index in [1.165, 1.54) is 6.20 Å². The number of likely N-dealkylation sites (N-methyl/N-ethyl adjacent to an activating group) is 1. The largest absolute Gasteiger partial charge is 0.416 e. The zero-order valence-electron chi connectivity index (χ0n) is 24.4. The topological polar surface area (TPSA) is 99.0 Å². The highest BCUT2D eigenvalue weighted by Crippen LogP contribution is 2.44. The summed E-state index contributed by atoms with van der Waals surface area (Å²) in [5.41, 5.74) is 5.48. The van der Waals surface area contributed by atoms with E-state index >= 15 is 4.39 Å². The van der Waals surface area contributed by atoms with E-state index in [9.17, 15) is 5.26 Å². The number of halogens is 1. The van der Waals surface area contributed by atoms with Crippen LogP contribution >= 0.6 is 0 Å². The number of benzene rings is 1. The molecule has 0 unspecified atom stereocenters. The SMILES string of the molecule is CN1CCc2ncc(Nc3ncc(F)c(-c4cc(C#N)c5c(c4)[C@@](C)(CO[Si](C)(C)C(C)(C)C)CN5)n3)cc2C1. The quantitative estimate of drug-likeness (QED) is 0.356. The third-order valence-electron chi connectivity index (χ3n) is 8.63. The molecule has 8 nitrogen and oxygen atoms in total. The normalized spacial score (nSPS) is 19.0. The Kier molecular flexibility index (Phi) is 7.19. The highest BCUT2D eigenvalue weighted by Gasteiger charge is 2.42. The van der Waals surface area contributed by atoms with Crippen molar-refractivity contribution >= 4 is 25.6 Å². The second-order valence-corrected chi connectivity index (χ2v) is 17.7. The van der Waals surface area contributed by atoms with Gasteiger partial charge in [-0.1, -0.05) is 27.7 Å². The Morgan fingerprint density at radius 1 is 1.23 bits per heavy atom. The lowest BCUT2D eigenvalue weighted by atomic mass is 9.83. The van der Waals surface area contributed by atoms with Crippen LogP contribution in [-0.4, -0.2) is 54.9 Å². The van der Waals surface area contributed by atoms with Crippen molar-refractivity contribution in [1.29, 1.82) is 5.26 Å². The summed E-state index contributed by atoms with van der Waals surface area (Å²) in [5, 5.41) is 16.7. The highest BCUT2D eigenvalue weighted by molar-refractivity contribution is 6.74. The number of anilines is 3. The molecule has 210 valence electrons. The lowest BCUT2D eigenvalue weighted by Gasteiger charge is -2.39. The van der Waals surface area contributed by atoms with Gasteiger partial charge in [0.2, 0.25) is 5.95 Å². The molecule has 2 aromatic heterocycles. The smallest absolute Gasteiger partial charge is 0.227 e. The van der Waals surface area contributed by atoms with Gasteiger partial charge in [-0.25, -0.2) is 14.4 Å². The summed E-state index contributed by atoms with van der Waals surface area (Å²) in [7, 11) is 0.0914. The van der Waals surface area contributed by atoms with Gasteiger partial charge in [-0.05, 0) is 54.5 Å². The van der Waals surface area contributed by atoms with E-state index in [0.29, 0.717) is 24.3 Å². The summed E-state index contributed by atoms with van der Waals surface area (Å²) < 4.78 is 21.8. The Bertz CT molecular complexity index is 1500. The van der Waals surface area contributed by atoms with Crippen LogP contribution in [0.4, 0.5) is 21.7 Å². The van der Waals surface area contributed by atoms with Crippen molar-refractivity contribution in [3.63, 3.8) is 0 Å². The van der Waals surface area contributed by atoms with Crippen molar-refractivity contribution in [2.75, 3.05) is 37.4 Å². The van der Waals surface area contributed by atoms with Crippen LogP contribution in [0.5, 0.6) is 0 Å². The van der Waals surface area contributed by atoms with Gasteiger partial charge >= 0.3 is 0 Å². The predicted molar refractivity (Wildman–Crippen MR) is 159 cm³/mol. The predicted octanol–water partition coefficient (Wildman–Crippen LogP) is 5.99. The van der Waals surface area contributed by atoms with Crippen molar-refractivity contribution in [2.45, 2.75) is 64.2 Å². The third-order valence-corrected chi connectivity index (χ3v) is 13.1. The van der Waals surface area contributed by atoms with E-state index < -0.39 is 14.1 Å². The van der Waals surface area contributed by atoms with Gasteiger partial charge in [0.15, 0.2) is 14.1 Å². The number of nitriles is 1. The van der Waals surface area contributed by atoms with Crippen molar-refractivity contribution in [3.8, 4) is 17.3 Å². The Hall–Kier alpha value is -3.39. The minimum atomic E-state index is -2.00. The molecule has 1 atom stereocenters. The molecule has 10 heteroatoms. The van der Waals surface area contributed by atoms with Crippen LogP contribution in [0.15, 0.2) is 30.6 Å². The maximum absolute atomic E-state index is 15.2. The standard InChI is InChI=1S/C30H38FN7OSi/c1-29(2,3)40(6,7)39-18-30(4)17-35-26-20(13-32)10-19(12-23(26)30)27-24(31)15-34-28(37-27)36-22-11-21-16-38(5)9-8-25(21)33-14-22/h10-12,14-15,35H,8-9,16-18H2,1-7H3,(H,34,36,37)/t30-/m1/s1. The van der Waals surface area contributed by atoms with Crippen LogP contribution in [0.25, 0.3) is 11.3 Å². The zero-order chi connectivity index (χ0) is 28.9. The number of fused-ring (bicyclic) bond motifs is 2. The van der Waals surface area contributed by atoms with Crippen molar-refractivity contribution in [2.24, 2.45) is 0 Å². The fraction of sp³-hybridized carbons (Fsp3) is 0.467. The molecule has 0 saturated carbocycles. The molecule has 0 radical (unpaired) electrons. The van der Waals surface area contributed by atoms with Gasteiger partial charge in [0, 0.05) is 49.3 Å². The first-order chi connectivity index (χ1) is 18.8. The van der Waals surface area contributed by atoms with Crippen LogP contribution in [-0.2, 0) is 22.8 Å². The molecule has 0 aliphatic carbocycles. The van der Waals surface area contributed by atoms with E-state index in [0.717, 1.165) is 47.7 Å². The molecule has 3 aromatic rings. The molecule has 40 heavy (non-hydrogen) atoms. The first kappa shape index (κ1) is 28.1. The van der Waals surface area contributed by atoms with E-state index in [-0.39, 0.29) is 22.1 Å². The van der Waals surface area contributed by atoms with Crippen molar-refractivity contribution < 1.29 is 8.82 Å². The second kappa shape index (κ2) is 10.2. The van der Waals surface area contributed by atoms with Gasteiger partial charge in [0.05, 0.1) is 29.3 Å². The Balaban J connectivity index is 1.47. The van der Waals surface area contributed by atoms with Gasteiger partial charge in [-0.3, -0.25) is 4.98 Å². The number of pyridine rings is 1. The van der Waals surface area contributed by atoms with Crippen LogP contribution < -0.4 is 10.6 Å². The molecule has 2 aliphatic rings.